The molecule has 0 spiro atoms. The number of hydrogen-bond acceptors (Lipinski definition) is 6. The van der Waals surface area contributed by atoms with Gasteiger partial charge in [0.25, 0.3) is 6.01 Å². The number of para-hydroxylation sites is 1. The third-order valence-corrected chi connectivity index (χ3v) is 6.16. The quantitative estimate of drug-likeness (QED) is 0.664. The number of oxazole rings is 1. The molecule has 3 aromatic rings. The van der Waals surface area contributed by atoms with Crippen LogP contribution in [-0.2, 0) is 4.79 Å². The lowest BCUT2D eigenvalue weighted by Crippen LogP contribution is -2.49. The molecule has 0 radical (unpaired) electrons. The Morgan fingerprint density at radius 2 is 1.83 bits per heavy atom. The number of anilines is 2. The van der Waals surface area contributed by atoms with E-state index in [0.29, 0.717) is 29.6 Å². The zero-order valence-corrected chi connectivity index (χ0v) is 17.1. The highest BCUT2D eigenvalue weighted by molar-refractivity contribution is 5.77. The lowest BCUT2D eigenvalue weighted by Gasteiger charge is -2.37. The van der Waals surface area contributed by atoms with E-state index < -0.39 is 0 Å². The minimum atomic E-state index is 0.272. The van der Waals surface area contributed by atoms with Crippen LogP contribution in [-0.4, -0.2) is 60.0 Å². The molecule has 156 valence electrons. The number of benzene rings is 1. The van der Waals surface area contributed by atoms with Crippen molar-refractivity contribution in [2.45, 2.75) is 19.3 Å². The molecule has 1 amide bonds. The molecule has 0 aliphatic carbocycles. The summed E-state index contributed by atoms with van der Waals surface area (Å²) in [4.78, 5) is 28.3. The third kappa shape index (κ3) is 3.97. The molecule has 0 N–H and O–H groups in total. The van der Waals surface area contributed by atoms with Gasteiger partial charge in [0.05, 0.1) is 0 Å². The number of fused-ring (bicyclic) bond motifs is 1. The van der Waals surface area contributed by atoms with Crippen LogP contribution in [0.15, 0.2) is 53.1 Å². The molecule has 0 saturated carbocycles. The summed E-state index contributed by atoms with van der Waals surface area (Å²) < 4.78 is 5.88. The predicted molar refractivity (Wildman–Crippen MR) is 117 cm³/mol. The van der Waals surface area contributed by atoms with Crippen molar-refractivity contribution >= 4 is 28.8 Å². The maximum Gasteiger partial charge on any atom is 0.299 e. The molecule has 30 heavy (non-hydrogen) atoms. The maximum absolute atomic E-state index is 12.9. The van der Waals surface area contributed by atoms with E-state index in [2.05, 4.69) is 44.0 Å². The summed E-state index contributed by atoms with van der Waals surface area (Å²) >= 11 is 0. The van der Waals surface area contributed by atoms with Crippen LogP contribution in [0.2, 0.25) is 0 Å². The van der Waals surface area contributed by atoms with E-state index in [1.54, 1.807) is 6.20 Å². The van der Waals surface area contributed by atoms with Gasteiger partial charge in [-0.1, -0.05) is 18.2 Å². The standard InChI is InChI=1S/C23H27N5O2/c29-21(27-14-12-26(13-15-27)19-7-2-1-3-8-19)16-18-6-5-11-28(17-18)23-25-22-20(30-23)9-4-10-24-22/h1-4,7-10,18H,5-6,11-17H2. The Hall–Kier alpha value is -3.09. The van der Waals surface area contributed by atoms with E-state index in [1.807, 2.05) is 23.1 Å². The molecule has 2 fully saturated rings. The van der Waals surface area contributed by atoms with Crippen molar-refractivity contribution in [3.8, 4) is 0 Å². The Morgan fingerprint density at radius 1 is 1.00 bits per heavy atom. The van der Waals surface area contributed by atoms with Gasteiger partial charge in [0.1, 0.15) is 0 Å². The van der Waals surface area contributed by atoms with Gasteiger partial charge in [0.15, 0.2) is 5.58 Å². The SMILES string of the molecule is O=C(CC1CCCN(c2nc3ncccc3o2)C1)N1CCN(c2ccccc2)CC1. The second-order valence-electron chi connectivity index (χ2n) is 8.18. The van der Waals surface area contributed by atoms with Crippen LogP contribution in [0.25, 0.3) is 11.2 Å². The lowest BCUT2D eigenvalue weighted by atomic mass is 9.94. The van der Waals surface area contributed by atoms with Crippen molar-refractivity contribution in [3.63, 3.8) is 0 Å². The Bertz CT molecular complexity index is 964. The van der Waals surface area contributed by atoms with E-state index in [-0.39, 0.29) is 5.91 Å². The number of carbonyl (C=O) groups excluding carboxylic acids is 1. The molecule has 7 nitrogen and oxygen atoms in total. The fourth-order valence-corrected chi connectivity index (χ4v) is 4.53. The summed E-state index contributed by atoms with van der Waals surface area (Å²) in [6.45, 7) is 5.09. The summed E-state index contributed by atoms with van der Waals surface area (Å²) in [7, 11) is 0. The molecule has 7 heteroatoms. The Balaban J connectivity index is 1.16. The van der Waals surface area contributed by atoms with Crippen molar-refractivity contribution in [1.29, 1.82) is 0 Å². The molecule has 2 aliphatic rings. The third-order valence-electron chi connectivity index (χ3n) is 6.16. The van der Waals surface area contributed by atoms with Crippen LogP contribution in [0.4, 0.5) is 11.7 Å². The molecule has 5 rings (SSSR count). The first-order valence-corrected chi connectivity index (χ1v) is 10.8. The van der Waals surface area contributed by atoms with Gasteiger partial charge in [-0.3, -0.25) is 4.79 Å². The number of rotatable bonds is 4. The molecule has 4 heterocycles. The molecule has 0 bridgehead atoms. The number of carbonyl (C=O) groups is 1. The number of piperidine rings is 1. The number of piperazine rings is 1. The molecule has 2 aliphatic heterocycles. The zero-order chi connectivity index (χ0) is 20.3. The van der Waals surface area contributed by atoms with Crippen molar-refractivity contribution in [1.82, 2.24) is 14.9 Å². The highest BCUT2D eigenvalue weighted by atomic mass is 16.4. The number of amides is 1. The van der Waals surface area contributed by atoms with Crippen molar-refractivity contribution in [2.75, 3.05) is 49.1 Å². The van der Waals surface area contributed by atoms with Gasteiger partial charge in [-0.05, 0) is 43.0 Å². The molecule has 2 saturated heterocycles. The van der Waals surface area contributed by atoms with Gasteiger partial charge in [0.2, 0.25) is 11.6 Å². The minimum absolute atomic E-state index is 0.272. The second kappa shape index (κ2) is 8.34. The summed E-state index contributed by atoms with van der Waals surface area (Å²) in [5, 5.41) is 0. The summed E-state index contributed by atoms with van der Waals surface area (Å²) in [5.41, 5.74) is 2.59. The minimum Gasteiger partial charge on any atom is -0.422 e. The molecule has 2 aromatic heterocycles. The summed E-state index contributed by atoms with van der Waals surface area (Å²) in [6.07, 6.45) is 4.45. The first-order valence-electron chi connectivity index (χ1n) is 10.8. The van der Waals surface area contributed by atoms with Crippen LogP contribution in [0.5, 0.6) is 0 Å². The van der Waals surface area contributed by atoms with Gasteiger partial charge < -0.3 is 19.1 Å². The van der Waals surface area contributed by atoms with Crippen LogP contribution in [0, 0.1) is 5.92 Å². The summed E-state index contributed by atoms with van der Waals surface area (Å²) in [6, 6.07) is 14.8. The Morgan fingerprint density at radius 3 is 2.63 bits per heavy atom. The second-order valence-corrected chi connectivity index (χ2v) is 8.18. The van der Waals surface area contributed by atoms with Crippen LogP contribution in [0.1, 0.15) is 19.3 Å². The molecular weight excluding hydrogens is 378 g/mol. The fraction of sp³-hybridized carbons (Fsp3) is 0.435. The van der Waals surface area contributed by atoms with Gasteiger partial charge >= 0.3 is 0 Å². The Kier molecular flexibility index (Phi) is 5.26. The monoisotopic (exact) mass is 405 g/mol. The van der Waals surface area contributed by atoms with Gasteiger partial charge in [-0.2, -0.15) is 4.98 Å². The van der Waals surface area contributed by atoms with Crippen molar-refractivity contribution < 1.29 is 9.21 Å². The van der Waals surface area contributed by atoms with E-state index in [0.717, 1.165) is 52.1 Å². The molecule has 1 aromatic carbocycles. The molecular formula is C23H27N5O2. The predicted octanol–water partition coefficient (Wildman–Crippen LogP) is 3.18. The number of pyridine rings is 1. The average Bonchev–Trinajstić information content (AvgIpc) is 3.24. The average molecular weight is 406 g/mol. The van der Waals surface area contributed by atoms with Gasteiger partial charge in [0, 0.05) is 57.6 Å². The normalized spacial score (nSPS) is 20.0. The van der Waals surface area contributed by atoms with E-state index in [4.69, 9.17) is 4.42 Å². The lowest BCUT2D eigenvalue weighted by molar-refractivity contribution is -0.132. The molecule has 1 atom stereocenters. The topological polar surface area (TPSA) is 65.7 Å². The highest BCUT2D eigenvalue weighted by Gasteiger charge is 2.28. The van der Waals surface area contributed by atoms with Crippen LogP contribution >= 0.6 is 0 Å². The largest absolute Gasteiger partial charge is 0.422 e. The van der Waals surface area contributed by atoms with Gasteiger partial charge in [-0.15, -0.1) is 0 Å². The Labute approximate surface area is 176 Å². The van der Waals surface area contributed by atoms with Crippen LogP contribution < -0.4 is 9.80 Å². The van der Waals surface area contributed by atoms with Crippen molar-refractivity contribution in [2.24, 2.45) is 5.92 Å². The van der Waals surface area contributed by atoms with E-state index in [1.165, 1.54) is 5.69 Å². The highest BCUT2D eigenvalue weighted by Crippen LogP contribution is 2.27. The number of aromatic nitrogens is 2. The number of nitrogens with zero attached hydrogens (tertiary/aromatic N) is 5. The smallest absolute Gasteiger partial charge is 0.299 e. The number of hydrogen-bond donors (Lipinski definition) is 0. The fourth-order valence-electron chi connectivity index (χ4n) is 4.53. The van der Waals surface area contributed by atoms with Crippen molar-refractivity contribution in [3.05, 3.63) is 48.7 Å². The van der Waals surface area contributed by atoms with E-state index >= 15 is 0 Å². The molecule has 1 unspecified atom stereocenters. The zero-order valence-electron chi connectivity index (χ0n) is 17.1. The van der Waals surface area contributed by atoms with E-state index in [9.17, 15) is 4.79 Å². The van der Waals surface area contributed by atoms with Crippen LogP contribution in [0.3, 0.4) is 0 Å². The first kappa shape index (κ1) is 18.9. The first-order chi connectivity index (χ1) is 14.8. The maximum atomic E-state index is 12.9. The van der Waals surface area contributed by atoms with Gasteiger partial charge in [-0.25, -0.2) is 4.98 Å². The summed E-state index contributed by atoms with van der Waals surface area (Å²) in [5.74, 6) is 0.607.